The molecule has 0 radical (unpaired) electrons. The maximum absolute atomic E-state index is 13.2. The number of benzene rings is 1. The first-order valence-electron chi connectivity index (χ1n) is 11.5. The number of nitrogens with zero attached hydrogens (tertiary/aromatic N) is 4. The number of rotatable bonds is 8. The summed E-state index contributed by atoms with van der Waals surface area (Å²) >= 11 is 0. The highest BCUT2D eigenvalue weighted by Gasteiger charge is 2.32. The van der Waals surface area contributed by atoms with Gasteiger partial charge in [-0.25, -0.2) is 4.98 Å². The number of likely N-dealkylation sites (tertiary alicyclic amines) is 1. The van der Waals surface area contributed by atoms with Crippen molar-refractivity contribution in [2.75, 3.05) is 19.7 Å². The fraction of sp³-hybridized carbons (Fsp3) is 0.423. The number of ether oxygens (including phenoxy) is 1. The Balaban J connectivity index is 1.41. The first-order chi connectivity index (χ1) is 16.0. The third-order valence-electron chi connectivity index (χ3n) is 6.14. The highest BCUT2D eigenvalue weighted by Crippen LogP contribution is 2.25. The molecule has 1 aliphatic heterocycles. The molecule has 0 bridgehead atoms. The third kappa shape index (κ3) is 6.42. The lowest BCUT2D eigenvalue weighted by atomic mass is 9.88. The molecule has 0 spiro atoms. The van der Waals surface area contributed by atoms with Crippen LogP contribution in [-0.2, 0) is 24.9 Å². The Morgan fingerprint density at radius 2 is 2.00 bits per heavy atom. The Kier molecular flexibility index (Phi) is 7.40. The van der Waals surface area contributed by atoms with E-state index in [1.165, 1.54) is 11.1 Å². The van der Waals surface area contributed by atoms with Crippen LogP contribution in [0.25, 0.3) is 0 Å². The molecule has 3 aromatic rings. The van der Waals surface area contributed by atoms with Crippen LogP contribution in [0, 0.1) is 25.7 Å². The van der Waals surface area contributed by atoms with Crippen molar-refractivity contribution in [3.05, 3.63) is 77.6 Å². The van der Waals surface area contributed by atoms with Gasteiger partial charge >= 0.3 is 0 Å². The van der Waals surface area contributed by atoms with E-state index in [0.717, 1.165) is 36.6 Å². The molecular weight excluding hydrogens is 414 g/mol. The normalized spacial score (nSPS) is 18.8. The van der Waals surface area contributed by atoms with Crippen LogP contribution < -0.4 is 10.1 Å². The first-order valence-corrected chi connectivity index (χ1v) is 11.5. The van der Waals surface area contributed by atoms with Crippen LogP contribution in [0.1, 0.15) is 28.9 Å². The lowest BCUT2D eigenvalue weighted by Gasteiger charge is -2.36. The number of amides is 1. The van der Waals surface area contributed by atoms with Crippen molar-refractivity contribution in [2.24, 2.45) is 18.9 Å². The molecule has 1 amide bonds. The minimum absolute atomic E-state index is 0.0903. The largest absolute Gasteiger partial charge is 0.492 e. The van der Waals surface area contributed by atoms with Gasteiger partial charge in [-0.2, -0.15) is 0 Å². The molecule has 1 aliphatic rings. The SMILES string of the molecule is Cc1cc(C)cc(CNC(=O)[C@@H]2C[C@H](COc3cccnc3)CN(Cc3nccn3C)C2)c1. The zero-order valence-electron chi connectivity index (χ0n) is 19.7. The van der Waals surface area contributed by atoms with Gasteiger partial charge in [0.1, 0.15) is 11.6 Å². The van der Waals surface area contributed by atoms with E-state index in [1.54, 1.807) is 12.4 Å². The smallest absolute Gasteiger partial charge is 0.224 e. The van der Waals surface area contributed by atoms with Gasteiger partial charge < -0.3 is 14.6 Å². The molecule has 0 aliphatic carbocycles. The summed E-state index contributed by atoms with van der Waals surface area (Å²) in [5.74, 6) is 2.02. The molecule has 1 aromatic carbocycles. The van der Waals surface area contributed by atoms with E-state index in [-0.39, 0.29) is 17.7 Å². The quantitative estimate of drug-likeness (QED) is 0.574. The predicted molar refractivity (Wildman–Crippen MR) is 128 cm³/mol. The summed E-state index contributed by atoms with van der Waals surface area (Å²) in [5.41, 5.74) is 3.56. The van der Waals surface area contributed by atoms with E-state index in [1.807, 2.05) is 36.1 Å². The van der Waals surface area contributed by atoms with Gasteiger partial charge in [-0.15, -0.1) is 0 Å². The molecule has 2 atom stereocenters. The molecular formula is C26H33N5O2. The van der Waals surface area contributed by atoms with Gasteiger partial charge in [0.25, 0.3) is 0 Å². The number of aryl methyl sites for hydroxylation is 3. The Labute approximate surface area is 195 Å². The van der Waals surface area contributed by atoms with Crippen LogP contribution in [0.3, 0.4) is 0 Å². The minimum atomic E-state index is -0.0903. The van der Waals surface area contributed by atoms with E-state index in [0.29, 0.717) is 19.7 Å². The second kappa shape index (κ2) is 10.6. The number of hydrogen-bond acceptors (Lipinski definition) is 5. The second-order valence-corrected chi connectivity index (χ2v) is 9.16. The maximum Gasteiger partial charge on any atom is 0.224 e. The average Bonchev–Trinajstić information content (AvgIpc) is 3.20. The van der Waals surface area contributed by atoms with Gasteiger partial charge in [-0.1, -0.05) is 29.3 Å². The number of imidazole rings is 1. The Bertz CT molecular complexity index is 1050. The van der Waals surface area contributed by atoms with E-state index in [4.69, 9.17) is 4.74 Å². The third-order valence-corrected chi connectivity index (χ3v) is 6.14. The lowest BCUT2D eigenvalue weighted by molar-refractivity contribution is -0.128. The van der Waals surface area contributed by atoms with Crippen LogP contribution in [0.5, 0.6) is 5.75 Å². The van der Waals surface area contributed by atoms with E-state index in [2.05, 4.69) is 52.2 Å². The first kappa shape index (κ1) is 23.0. The van der Waals surface area contributed by atoms with Crippen molar-refractivity contribution in [3.8, 4) is 5.75 Å². The maximum atomic E-state index is 13.2. The van der Waals surface area contributed by atoms with Gasteiger partial charge in [0.15, 0.2) is 0 Å². The van der Waals surface area contributed by atoms with Crippen LogP contribution in [0.15, 0.2) is 55.1 Å². The van der Waals surface area contributed by atoms with Gasteiger partial charge in [-0.3, -0.25) is 14.7 Å². The van der Waals surface area contributed by atoms with E-state index >= 15 is 0 Å². The Morgan fingerprint density at radius 3 is 2.70 bits per heavy atom. The minimum Gasteiger partial charge on any atom is -0.492 e. The number of hydrogen-bond donors (Lipinski definition) is 1. The summed E-state index contributed by atoms with van der Waals surface area (Å²) in [5, 5.41) is 3.17. The zero-order chi connectivity index (χ0) is 23.2. The molecule has 1 fully saturated rings. The topological polar surface area (TPSA) is 72.3 Å². The highest BCUT2D eigenvalue weighted by molar-refractivity contribution is 5.79. The zero-order valence-corrected chi connectivity index (χ0v) is 19.7. The van der Waals surface area contributed by atoms with Gasteiger partial charge in [0.2, 0.25) is 5.91 Å². The summed E-state index contributed by atoms with van der Waals surface area (Å²) in [6.07, 6.45) is 8.03. The molecule has 7 heteroatoms. The summed E-state index contributed by atoms with van der Waals surface area (Å²) in [4.78, 5) is 24.1. The molecule has 0 unspecified atom stereocenters. The Hall–Kier alpha value is -3.19. The monoisotopic (exact) mass is 447 g/mol. The standard InChI is InChI=1S/C26H33N5O2/c1-19-9-20(2)11-21(10-19)13-29-26(32)23-12-22(18-33-24-5-4-6-27-14-24)15-31(16-23)17-25-28-7-8-30(25)3/h4-11,14,22-23H,12-13,15-18H2,1-3H3,(H,29,32)/t22-,23+/m0/s1. The number of piperidine rings is 1. The molecule has 7 nitrogen and oxygen atoms in total. The van der Waals surface area contributed by atoms with Crippen molar-refractivity contribution in [3.63, 3.8) is 0 Å². The molecule has 174 valence electrons. The summed E-state index contributed by atoms with van der Waals surface area (Å²) in [6, 6.07) is 10.2. The van der Waals surface area contributed by atoms with Gasteiger partial charge in [-0.05, 0) is 38.0 Å². The van der Waals surface area contributed by atoms with Crippen molar-refractivity contribution in [2.45, 2.75) is 33.4 Å². The van der Waals surface area contributed by atoms with Crippen molar-refractivity contribution < 1.29 is 9.53 Å². The van der Waals surface area contributed by atoms with Gasteiger partial charge in [0.05, 0.1) is 25.3 Å². The van der Waals surface area contributed by atoms with Crippen molar-refractivity contribution in [1.29, 1.82) is 0 Å². The number of nitrogens with one attached hydrogen (secondary N) is 1. The Morgan fingerprint density at radius 1 is 1.18 bits per heavy atom. The van der Waals surface area contributed by atoms with Gasteiger partial charge in [0, 0.05) is 51.2 Å². The summed E-state index contributed by atoms with van der Waals surface area (Å²) in [7, 11) is 2.00. The van der Waals surface area contributed by atoms with E-state index < -0.39 is 0 Å². The van der Waals surface area contributed by atoms with Crippen LogP contribution in [0.4, 0.5) is 0 Å². The molecule has 1 N–H and O–H groups in total. The summed E-state index contributed by atoms with van der Waals surface area (Å²) < 4.78 is 8.03. The fourth-order valence-electron chi connectivity index (χ4n) is 4.64. The van der Waals surface area contributed by atoms with E-state index in [9.17, 15) is 4.79 Å². The molecule has 1 saturated heterocycles. The molecule has 2 aromatic heterocycles. The number of pyridine rings is 1. The number of carbonyl (C=O) groups excluding carboxylic acids is 1. The molecule has 3 heterocycles. The van der Waals surface area contributed by atoms with Crippen molar-refractivity contribution >= 4 is 5.91 Å². The van der Waals surface area contributed by atoms with Crippen LogP contribution in [0.2, 0.25) is 0 Å². The number of aromatic nitrogens is 3. The average molecular weight is 448 g/mol. The molecule has 0 saturated carbocycles. The molecule has 4 rings (SSSR count). The fourth-order valence-corrected chi connectivity index (χ4v) is 4.64. The highest BCUT2D eigenvalue weighted by atomic mass is 16.5. The van der Waals surface area contributed by atoms with Crippen LogP contribution in [-0.4, -0.2) is 45.0 Å². The predicted octanol–water partition coefficient (Wildman–Crippen LogP) is 3.27. The van der Waals surface area contributed by atoms with Crippen LogP contribution >= 0.6 is 0 Å². The molecule has 33 heavy (non-hydrogen) atoms. The van der Waals surface area contributed by atoms with Crippen molar-refractivity contribution in [1.82, 2.24) is 24.8 Å². The summed E-state index contributed by atoms with van der Waals surface area (Å²) in [6.45, 7) is 7.58. The lowest BCUT2D eigenvalue weighted by Crippen LogP contribution is -2.47. The second-order valence-electron chi connectivity index (χ2n) is 9.16. The number of carbonyl (C=O) groups is 1.